The van der Waals surface area contributed by atoms with Crippen molar-refractivity contribution in [2.24, 2.45) is 0 Å². The second-order valence-corrected chi connectivity index (χ2v) is 3.93. The molecular weight excluding hydrogens is 210 g/mol. The van der Waals surface area contributed by atoms with Gasteiger partial charge in [0, 0.05) is 0 Å². The van der Waals surface area contributed by atoms with Crippen LogP contribution in [0.3, 0.4) is 0 Å². The number of hydrogen-bond acceptors (Lipinski definition) is 2. The summed E-state index contributed by atoms with van der Waals surface area (Å²) in [5, 5.41) is 4.59. The molecule has 1 heterocycles. The fraction of sp³-hybridized carbons (Fsp3) is 0.182. The Kier molecular flexibility index (Phi) is 2.64. The largest absolute Gasteiger partial charge is 0.383 e. The molecule has 0 aliphatic rings. The van der Waals surface area contributed by atoms with Gasteiger partial charge >= 0.3 is 0 Å². The Bertz CT molecular complexity index is 459. The zero-order chi connectivity index (χ0) is 10.8. The predicted octanol–water partition coefficient (Wildman–Crippen LogP) is 2.48. The Labute approximate surface area is 93.5 Å². The van der Waals surface area contributed by atoms with E-state index in [1.807, 2.05) is 0 Å². The molecule has 0 fully saturated rings. The number of anilines is 1. The Morgan fingerprint density at radius 2 is 2.00 bits per heavy atom. The van der Waals surface area contributed by atoms with Crippen LogP contribution in [0.5, 0.6) is 0 Å². The lowest BCUT2D eigenvalue weighted by Gasteiger charge is -2.04. The lowest BCUT2D eigenvalue weighted by molar-refractivity contribution is 0.697. The van der Waals surface area contributed by atoms with Gasteiger partial charge in [0.05, 0.1) is 12.7 Å². The number of benzene rings is 1. The molecule has 0 radical (unpaired) electrons. The zero-order valence-corrected chi connectivity index (χ0v) is 9.20. The molecule has 0 saturated carbocycles. The van der Waals surface area contributed by atoms with Crippen LogP contribution in [0.2, 0.25) is 5.02 Å². The van der Waals surface area contributed by atoms with Gasteiger partial charge in [0.15, 0.2) is 0 Å². The highest BCUT2D eigenvalue weighted by Gasteiger charge is 2.04. The lowest BCUT2D eigenvalue weighted by Crippen LogP contribution is -2.05. The van der Waals surface area contributed by atoms with Crippen molar-refractivity contribution in [2.45, 2.75) is 13.5 Å². The fourth-order valence-corrected chi connectivity index (χ4v) is 1.51. The Morgan fingerprint density at radius 1 is 1.33 bits per heavy atom. The number of hydrogen-bond donors (Lipinski definition) is 1. The number of halogens is 1. The van der Waals surface area contributed by atoms with E-state index in [4.69, 9.17) is 17.3 Å². The average molecular weight is 222 g/mol. The third-order valence-corrected chi connectivity index (χ3v) is 2.58. The Morgan fingerprint density at radius 3 is 2.53 bits per heavy atom. The number of nitrogen functional groups attached to an aromatic ring is 1. The lowest BCUT2D eigenvalue weighted by atomic mass is 10.1. The molecule has 2 N–H and O–H groups in total. The molecule has 0 bridgehead atoms. The molecule has 4 heteroatoms. The standard InChI is InChI=1S/C11H12ClN3/c1-8-2-4-9(5-3-8)7-15-11(13)10(12)6-14-15/h2-6H,7,13H2,1H3. The summed E-state index contributed by atoms with van der Waals surface area (Å²) in [5.74, 6) is 0.511. The summed E-state index contributed by atoms with van der Waals surface area (Å²) in [5.41, 5.74) is 8.15. The number of aryl methyl sites for hydroxylation is 1. The molecule has 0 amide bonds. The van der Waals surface area contributed by atoms with Crippen LogP contribution < -0.4 is 5.73 Å². The van der Waals surface area contributed by atoms with Crippen molar-refractivity contribution in [3.8, 4) is 0 Å². The van der Waals surface area contributed by atoms with E-state index in [0.717, 1.165) is 5.56 Å². The van der Waals surface area contributed by atoms with Crippen molar-refractivity contribution in [1.29, 1.82) is 0 Å². The molecule has 78 valence electrons. The number of aromatic nitrogens is 2. The van der Waals surface area contributed by atoms with Crippen molar-refractivity contribution in [1.82, 2.24) is 9.78 Å². The van der Waals surface area contributed by atoms with Crippen LogP contribution in [0, 0.1) is 6.92 Å². The zero-order valence-electron chi connectivity index (χ0n) is 8.44. The predicted molar refractivity (Wildman–Crippen MR) is 61.9 cm³/mol. The minimum Gasteiger partial charge on any atom is -0.383 e. The Balaban J connectivity index is 2.22. The molecule has 15 heavy (non-hydrogen) atoms. The molecule has 0 spiro atoms. The maximum atomic E-state index is 5.81. The van der Waals surface area contributed by atoms with Crippen molar-refractivity contribution in [3.05, 3.63) is 46.6 Å². The summed E-state index contributed by atoms with van der Waals surface area (Å²) in [6, 6.07) is 8.25. The summed E-state index contributed by atoms with van der Waals surface area (Å²) in [4.78, 5) is 0. The molecule has 0 atom stereocenters. The summed E-state index contributed by atoms with van der Waals surface area (Å²) >= 11 is 5.81. The fourth-order valence-electron chi connectivity index (χ4n) is 1.36. The maximum absolute atomic E-state index is 5.81. The molecular formula is C11H12ClN3. The minimum atomic E-state index is 0.502. The van der Waals surface area contributed by atoms with E-state index in [1.165, 1.54) is 5.56 Å². The van der Waals surface area contributed by atoms with Gasteiger partial charge in [-0.3, -0.25) is 0 Å². The molecule has 0 aliphatic heterocycles. The van der Waals surface area contributed by atoms with Crippen LogP contribution in [0.1, 0.15) is 11.1 Å². The summed E-state index contributed by atoms with van der Waals surface area (Å²) in [7, 11) is 0. The van der Waals surface area contributed by atoms with E-state index in [-0.39, 0.29) is 0 Å². The monoisotopic (exact) mass is 221 g/mol. The van der Waals surface area contributed by atoms with E-state index in [9.17, 15) is 0 Å². The first-order valence-corrected chi connectivity index (χ1v) is 5.07. The topological polar surface area (TPSA) is 43.8 Å². The maximum Gasteiger partial charge on any atom is 0.140 e. The Hall–Kier alpha value is -1.48. The van der Waals surface area contributed by atoms with E-state index >= 15 is 0 Å². The molecule has 3 nitrogen and oxygen atoms in total. The van der Waals surface area contributed by atoms with Gasteiger partial charge in [-0.25, -0.2) is 4.68 Å². The summed E-state index contributed by atoms with van der Waals surface area (Å²) in [6.07, 6.45) is 1.56. The van der Waals surface area contributed by atoms with Crippen LogP contribution in [0.15, 0.2) is 30.5 Å². The first-order chi connectivity index (χ1) is 7.16. The average Bonchev–Trinajstić information content (AvgIpc) is 2.53. The van der Waals surface area contributed by atoms with Gasteiger partial charge in [-0.1, -0.05) is 41.4 Å². The van der Waals surface area contributed by atoms with Crippen LogP contribution >= 0.6 is 11.6 Å². The van der Waals surface area contributed by atoms with Crippen molar-refractivity contribution in [2.75, 3.05) is 5.73 Å². The summed E-state index contributed by atoms with van der Waals surface area (Å²) < 4.78 is 1.69. The number of rotatable bonds is 2. The molecule has 0 unspecified atom stereocenters. The molecule has 0 aliphatic carbocycles. The van der Waals surface area contributed by atoms with Gasteiger partial charge < -0.3 is 5.73 Å². The first-order valence-electron chi connectivity index (χ1n) is 4.69. The van der Waals surface area contributed by atoms with Crippen molar-refractivity contribution < 1.29 is 0 Å². The highest BCUT2D eigenvalue weighted by Crippen LogP contribution is 2.18. The minimum absolute atomic E-state index is 0.502. The highest BCUT2D eigenvalue weighted by molar-refractivity contribution is 6.32. The smallest absolute Gasteiger partial charge is 0.140 e. The molecule has 2 aromatic rings. The van der Waals surface area contributed by atoms with Gasteiger partial charge in [-0.2, -0.15) is 5.10 Å². The molecule has 2 rings (SSSR count). The first kappa shape index (κ1) is 10.1. The van der Waals surface area contributed by atoms with Crippen LogP contribution in [0.25, 0.3) is 0 Å². The van der Waals surface area contributed by atoms with Crippen LogP contribution in [0.4, 0.5) is 5.82 Å². The normalized spacial score (nSPS) is 10.5. The molecule has 1 aromatic heterocycles. The molecule has 1 aromatic carbocycles. The van der Waals surface area contributed by atoms with Gasteiger partial charge in [0.25, 0.3) is 0 Å². The molecule has 0 saturated heterocycles. The number of nitrogens with zero attached hydrogens (tertiary/aromatic N) is 2. The quantitative estimate of drug-likeness (QED) is 0.847. The van der Waals surface area contributed by atoms with Gasteiger partial charge in [-0.05, 0) is 12.5 Å². The van der Waals surface area contributed by atoms with Gasteiger partial charge in [-0.15, -0.1) is 0 Å². The second kappa shape index (κ2) is 3.95. The van der Waals surface area contributed by atoms with Crippen molar-refractivity contribution >= 4 is 17.4 Å². The highest BCUT2D eigenvalue weighted by atomic mass is 35.5. The van der Waals surface area contributed by atoms with Crippen LogP contribution in [-0.2, 0) is 6.54 Å². The third-order valence-electron chi connectivity index (χ3n) is 2.29. The van der Waals surface area contributed by atoms with Crippen molar-refractivity contribution in [3.63, 3.8) is 0 Å². The van der Waals surface area contributed by atoms with E-state index in [2.05, 4.69) is 36.3 Å². The third kappa shape index (κ3) is 2.13. The second-order valence-electron chi connectivity index (χ2n) is 3.52. The SMILES string of the molecule is Cc1ccc(Cn2ncc(Cl)c2N)cc1. The number of nitrogens with two attached hydrogens (primary N) is 1. The van der Waals surface area contributed by atoms with E-state index in [0.29, 0.717) is 17.4 Å². The van der Waals surface area contributed by atoms with E-state index < -0.39 is 0 Å². The van der Waals surface area contributed by atoms with Gasteiger partial charge in [0.1, 0.15) is 10.8 Å². The van der Waals surface area contributed by atoms with Gasteiger partial charge in [0.2, 0.25) is 0 Å². The summed E-state index contributed by atoms with van der Waals surface area (Å²) in [6.45, 7) is 2.71. The van der Waals surface area contributed by atoms with Crippen LogP contribution in [-0.4, -0.2) is 9.78 Å². The van der Waals surface area contributed by atoms with E-state index in [1.54, 1.807) is 10.9 Å².